The van der Waals surface area contributed by atoms with Crippen molar-refractivity contribution < 1.29 is 9.59 Å². The maximum atomic E-state index is 12.9. The summed E-state index contributed by atoms with van der Waals surface area (Å²) < 4.78 is 0. The van der Waals surface area contributed by atoms with Crippen molar-refractivity contribution in [2.75, 3.05) is 36.0 Å². The lowest BCUT2D eigenvalue weighted by molar-refractivity contribution is -0.123. The standard InChI is InChI=1S/C20H19Cl2N3O2/c21-16-7-6-15(12-17(16)22)25-19(26)13-18(20(25)27)24-10-8-23(9-11-24)14-4-2-1-3-5-14/h1-7,12,18H,8-11,13H2/t18-/m0/s1. The van der Waals surface area contributed by atoms with Crippen molar-refractivity contribution in [1.82, 2.24) is 4.90 Å². The fourth-order valence-electron chi connectivity index (χ4n) is 3.73. The lowest BCUT2D eigenvalue weighted by Gasteiger charge is -2.38. The first-order valence-corrected chi connectivity index (χ1v) is 9.66. The molecule has 0 unspecified atom stereocenters. The largest absolute Gasteiger partial charge is 0.369 e. The first-order valence-electron chi connectivity index (χ1n) is 8.90. The molecule has 0 aliphatic carbocycles. The first-order chi connectivity index (χ1) is 13.0. The first kappa shape index (κ1) is 18.3. The van der Waals surface area contributed by atoms with Gasteiger partial charge in [0.15, 0.2) is 0 Å². The van der Waals surface area contributed by atoms with Crippen molar-refractivity contribution in [2.24, 2.45) is 0 Å². The summed E-state index contributed by atoms with van der Waals surface area (Å²) in [7, 11) is 0. The molecule has 0 bridgehead atoms. The van der Waals surface area contributed by atoms with Crippen LogP contribution >= 0.6 is 23.2 Å². The molecule has 2 aliphatic heterocycles. The van der Waals surface area contributed by atoms with Crippen molar-refractivity contribution in [2.45, 2.75) is 12.5 Å². The van der Waals surface area contributed by atoms with E-state index in [0.717, 1.165) is 26.2 Å². The Morgan fingerprint density at radius 3 is 2.19 bits per heavy atom. The molecule has 0 N–H and O–H groups in total. The molecule has 140 valence electrons. The van der Waals surface area contributed by atoms with Gasteiger partial charge in [-0.25, -0.2) is 4.90 Å². The van der Waals surface area contributed by atoms with Crippen LogP contribution in [0.15, 0.2) is 48.5 Å². The molecule has 2 aliphatic rings. The van der Waals surface area contributed by atoms with Gasteiger partial charge < -0.3 is 4.90 Å². The van der Waals surface area contributed by atoms with Crippen LogP contribution in [-0.4, -0.2) is 48.9 Å². The molecule has 7 heteroatoms. The Labute approximate surface area is 168 Å². The summed E-state index contributed by atoms with van der Waals surface area (Å²) in [6.45, 7) is 3.14. The van der Waals surface area contributed by atoms with E-state index in [1.54, 1.807) is 18.2 Å². The van der Waals surface area contributed by atoms with Crippen molar-refractivity contribution in [1.29, 1.82) is 0 Å². The average molecular weight is 404 g/mol. The third-order valence-corrected chi connectivity index (χ3v) is 5.90. The Bertz CT molecular complexity index is 867. The van der Waals surface area contributed by atoms with E-state index in [1.807, 2.05) is 18.2 Å². The number of para-hydroxylation sites is 1. The molecule has 2 aromatic rings. The highest BCUT2D eigenvalue weighted by Crippen LogP contribution is 2.31. The molecular weight excluding hydrogens is 385 g/mol. The molecule has 2 fully saturated rings. The van der Waals surface area contributed by atoms with E-state index >= 15 is 0 Å². The van der Waals surface area contributed by atoms with Gasteiger partial charge in [-0.3, -0.25) is 14.5 Å². The molecule has 0 spiro atoms. The minimum atomic E-state index is -0.412. The topological polar surface area (TPSA) is 43.9 Å². The molecule has 2 aromatic carbocycles. The molecule has 2 amide bonds. The van der Waals surface area contributed by atoms with Crippen LogP contribution < -0.4 is 9.80 Å². The number of amides is 2. The van der Waals surface area contributed by atoms with Gasteiger partial charge in [0.05, 0.1) is 28.2 Å². The maximum Gasteiger partial charge on any atom is 0.251 e. The van der Waals surface area contributed by atoms with E-state index in [-0.39, 0.29) is 18.2 Å². The van der Waals surface area contributed by atoms with Crippen LogP contribution in [0.4, 0.5) is 11.4 Å². The van der Waals surface area contributed by atoms with Crippen LogP contribution in [0.1, 0.15) is 6.42 Å². The Hall–Kier alpha value is -2.08. The summed E-state index contributed by atoms with van der Waals surface area (Å²) in [5, 5.41) is 0.725. The summed E-state index contributed by atoms with van der Waals surface area (Å²) in [5.41, 5.74) is 1.66. The zero-order valence-electron chi connectivity index (χ0n) is 14.6. The molecule has 2 heterocycles. The molecule has 0 aromatic heterocycles. The number of carbonyl (C=O) groups excluding carboxylic acids is 2. The van der Waals surface area contributed by atoms with E-state index in [1.165, 1.54) is 10.6 Å². The average Bonchev–Trinajstić information content (AvgIpc) is 2.99. The number of halogens is 2. The number of anilines is 2. The van der Waals surface area contributed by atoms with Crippen molar-refractivity contribution in [3.8, 4) is 0 Å². The lowest BCUT2D eigenvalue weighted by atomic mass is 10.1. The van der Waals surface area contributed by atoms with E-state index in [2.05, 4.69) is 21.9 Å². The highest BCUT2D eigenvalue weighted by molar-refractivity contribution is 6.42. The smallest absolute Gasteiger partial charge is 0.251 e. The SMILES string of the molecule is O=C1C[C@H](N2CCN(c3ccccc3)CC2)C(=O)N1c1ccc(Cl)c(Cl)c1. The molecule has 4 rings (SSSR count). The lowest BCUT2D eigenvalue weighted by Crippen LogP contribution is -2.52. The van der Waals surface area contributed by atoms with Gasteiger partial charge >= 0.3 is 0 Å². The number of carbonyl (C=O) groups is 2. The summed E-state index contributed by atoms with van der Waals surface area (Å²) in [6.07, 6.45) is 0.199. The molecular formula is C20H19Cl2N3O2. The van der Waals surface area contributed by atoms with Gasteiger partial charge in [0, 0.05) is 31.9 Å². The van der Waals surface area contributed by atoms with Crippen LogP contribution in [0.5, 0.6) is 0 Å². The van der Waals surface area contributed by atoms with E-state index in [9.17, 15) is 9.59 Å². The van der Waals surface area contributed by atoms with Crippen molar-refractivity contribution >= 4 is 46.4 Å². The number of piperazine rings is 1. The number of hydrogen-bond acceptors (Lipinski definition) is 4. The summed E-state index contributed by atoms with van der Waals surface area (Å²) >= 11 is 12.0. The number of rotatable bonds is 3. The monoisotopic (exact) mass is 403 g/mol. The van der Waals surface area contributed by atoms with Crippen molar-refractivity contribution in [3.63, 3.8) is 0 Å². The normalized spacial score (nSPS) is 21.2. The number of benzene rings is 2. The zero-order valence-corrected chi connectivity index (χ0v) is 16.2. The molecule has 27 heavy (non-hydrogen) atoms. The number of imide groups is 1. The molecule has 1 atom stereocenters. The molecule has 0 saturated carbocycles. The van der Waals surface area contributed by atoms with Gasteiger partial charge in [0.25, 0.3) is 5.91 Å². The third kappa shape index (κ3) is 3.55. The van der Waals surface area contributed by atoms with Gasteiger partial charge in [-0.1, -0.05) is 41.4 Å². The second kappa shape index (κ2) is 7.50. The Morgan fingerprint density at radius 1 is 0.815 bits per heavy atom. The molecule has 0 radical (unpaired) electrons. The maximum absolute atomic E-state index is 12.9. The fraction of sp³-hybridized carbons (Fsp3) is 0.300. The van der Waals surface area contributed by atoms with Crippen LogP contribution in [0.2, 0.25) is 10.0 Å². The number of hydrogen-bond donors (Lipinski definition) is 0. The number of nitrogens with zero attached hydrogens (tertiary/aromatic N) is 3. The Morgan fingerprint density at radius 2 is 1.52 bits per heavy atom. The van der Waals surface area contributed by atoms with Gasteiger partial charge in [-0.2, -0.15) is 0 Å². The highest BCUT2D eigenvalue weighted by Gasteiger charge is 2.43. The predicted octanol–water partition coefficient (Wildman–Crippen LogP) is 3.45. The van der Waals surface area contributed by atoms with Crippen LogP contribution in [0.25, 0.3) is 0 Å². The van der Waals surface area contributed by atoms with E-state index in [4.69, 9.17) is 23.2 Å². The molecule has 5 nitrogen and oxygen atoms in total. The minimum absolute atomic E-state index is 0.188. The summed E-state index contributed by atoms with van der Waals surface area (Å²) in [5.74, 6) is -0.388. The van der Waals surface area contributed by atoms with Gasteiger partial charge in [0.1, 0.15) is 0 Å². The van der Waals surface area contributed by atoms with Crippen molar-refractivity contribution in [3.05, 3.63) is 58.6 Å². The Kier molecular flexibility index (Phi) is 5.08. The Balaban J connectivity index is 1.45. The third-order valence-electron chi connectivity index (χ3n) is 5.16. The predicted molar refractivity (Wildman–Crippen MR) is 108 cm³/mol. The second-order valence-electron chi connectivity index (χ2n) is 6.74. The highest BCUT2D eigenvalue weighted by atomic mass is 35.5. The van der Waals surface area contributed by atoms with Crippen LogP contribution in [0.3, 0.4) is 0 Å². The fourth-order valence-corrected chi connectivity index (χ4v) is 4.02. The van der Waals surface area contributed by atoms with E-state index < -0.39 is 6.04 Å². The second-order valence-corrected chi connectivity index (χ2v) is 7.56. The van der Waals surface area contributed by atoms with Gasteiger partial charge in [0.2, 0.25) is 5.91 Å². The van der Waals surface area contributed by atoms with Gasteiger partial charge in [-0.05, 0) is 30.3 Å². The summed E-state index contributed by atoms with van der Waals surface area (Å²) in [4.78, 5) is 31.1. The quantitative estimate of drug-likeness (QED) is 0.736. The zero-order chi connectivity index (χ0) is 19.0. The minimum Gasteiger partial charge on any atom is -0.369 e. The van der Waals surface area contributed by atoms with Gasteiger partial charge in [-0.15, -0.1) is 0 Å². The van der Waals surface area contributed by atoms with E-state index in [0.29, 0.717) is 15.7 Å². The van der Waals surface area contributed by atoms with Crippen LogP contribution in [0, 0.1) is 0 Å². The molecule has 2 saturated heterocycles. The summed E-state index contributed by atoms with van der Waals surface area (Å²) in [6, 6.07) is 14.6. The van der Waals surface area contributed by atoms with Crippen LogP contribution in [-0.2, 0) is 9.59 Å².